The van der Waals surface area contributed by atoms with E-state index in [2.05, 4.69) is 81.5 Å². The van der Waals surface area contributed by atoms with Crippen molar-refractivity contribution in [3.05, 3.63) is 60.8 Å². The van der Waals surface area contributed by atoms with Crippen LogP contribution in [0.2, 0.25) is 0 Å². The predicted octanol–water partition coefficient (Wildman–Crippen LogP) is 17.6. The third kappa shape index (κ3) is 50.0. The molecular formula is C57H100O6. The second kappa shape index (κ2) is 51.7. The fourth-order valence-corrected chi connectivity index (χ4v) is 7.43. The molecule has 1 atom stereocenters. The summed E-state index contributed by atoms with van der Waals surface area (Å²) in [6.45, 7) is 6.56. The third-order valence-electron chi connectivity index (χ3n) is 11.5. The van der Waals surface area contributed by atoms with Crippen molar-refractivity contribution in [2.24, 2.45) is 0 Å². The highest BCUT2D eigenvalue weighted by molar-refractivity contribution is 5.71. The van der Waals surface area contributed by atoms with E-state index in [-0.39, 0.29) is 37.5 Å². The van der Waals surface area contributed by atoms with Crippen LogP contribution in [0, 0.1) is 0 Å². The SMILES string of the molecule is CCCCC/C=C\C/C=C\C/C=C\C/C=C\CCCC(=O)OCC(COC(=O)CCCCC/C=C\CCCCCCCC)OC(=O)CCCCCCCCCCCCCCCCC. The summed E-state index contributed by atoms with van der Waals surface area (Å²) in [5, 5.41) is 0. The lowest BCUT2D eigenvalue weighted by Gasteiger charge is -2.18. The van der Waals surface area contributed by atoms with E-state index >= 15 is 0 Å². The van der Waals surface area contributed by atoms with Gasteiger partial charge in [-0.2, -0.15) is 0 Å². The van der Waals surface area contributed by atoms with Crippen LogP contribution in [-0.2, 0) is 28.6 Å². The van der Waals surface area contributed by atoms with E-state index in [4.69, 9.17) is 14.2 Å². The van der Waals surface area contributed by atoms with Crippen molar-refractivity contribution in [3.8, 4) is 0 Å². The minimum Gasteiger partial charge on any atom is -0.462 e. The number of hydrogen-bond acceptors (Lipinski definition) is 6. The highest BCUT2D eigenvalue weighted by Gasteiger charge is 2.19. The molecule has 0 aliphatic heterocycles. The minimum atomic E-state index is -0.799. The molecule has 0 spiro atoms. The number of unbranched alkanes of at least 4 members (excludes halogenated alkanes) is 27. The molecule has 0 aromatic carbocycles. The Bertz CT molecular complexity index is 1150. The molecule has 0 aromatic rings. The fraction of sp³-hybridized carbons (Fsp3) is 0.772. The average molecular weight is 881 g/mol. The van der Waals surface area contributed by atoms with Crippen molar-refractivity contribution >= 4 is 17.9 Å². The van der Waals surface area contributed by atoms with Gasteiger partial charge >= 0.3 is 17.9 Å². The Kier molecular flexibility index (Phi) is 49.4. The Morgan fingerprint density at radius 2 is 0.587 bits per heavy atom. The zero-order valence-corrected chi connectivity index (χ0v) is 41.6. The van der Waals surface area contributed by atoms with Gasteiger partial charge in [0.1, 0.15) is 13.2 Å². The number of carbonyl (C=O) groups is 3. The Morgan fingerprint density at radius 3 is 1.02 bits per heavy atom. The predicted molar refractivity (Wildman–Crippen MR) is 270 cm³/mol. The Hall–Kier alpha value is -2.89. The molecule has 6 nitrogen and oxygen atoms in total. The number of allylic oxidation sites excluding steroid dienone is 10. The minimum absolute atomic E-state index is 0.0971. The van der Waals surface area contributed by atoms with Gasteiger partial charge in [-0.1, -0.05) is 223 Å². The van der Waals surface area contributed by atoms with E-state index in [1.807, 2.05) is 0 Å². The van der Waals surface area contributed by atoms with Crippen molar-refractivity contribution in [1.82, 2.24) is 0 Å². The van der Waals surface area contributed by atoms with Crippen LogP contribution in [0.4, 0.5) is 0 Å². The van der Waals surface area contributed by atoms with E-state index in [1.54, 1.807) is 0 Å². The summed E-state index contributed by atoms with van der Waals surface area (Å²) in [7, 11) is 0. The monoisotopic (exact) mass is 881 g/mol. The van der Waals surface area contributed by atoms with Gasteiger partial charge in [0.15, 0.2) is 6.10 Å². The molecule has 0 fully saturated rings. The molecule has 1 unspecified atom stereocenters. The van der Waals surface area contributed by atoms with Crippen LogP contribution in [0.1, 0.15) is 265 Å². The molecule has 0 heterocycles. The first kappa shape index (κ1) is 60.1. The second-order valence-electron chi connectivity index (χ2n) is 17.8. The smallest absolute Gasteiger partial charge is 0.306 e. The number of rotatable bonds is 48. The van der Waals surface area contributed by atoms with E-state index in [0.29, 0.717) is 19.3 Å². The van der Waals surface area contributed by atoms with Crippen molar-refractivity contribution in [2.45, 2.75) is 271 Å². The van der Waals surface area contributed by atoms with Gasteiger partial charge in [-0.15, -0.1) is 0 Å². The molecule has 6 heteroatoms. The molecule has 0 saturated carbocycles. The summed E-state index contributed by atoms with van der Waals surface area (Å²) in [6, 6.07) is 0. The van der Waals surface area contributed by atoms with Gasteiger partial charge in [0.05, 0.1) is 0 Å². The van der Waals surface area contributed by atoms with E-state index in [0.717, 1.165) is 77.0 Å². The van der Waals surface area contributed by atoms with Gasteiger partial charge in [0.2, 0.25) is 0 Å². The summed E-state index contributed by atoms with van der Waals surface area (Å²) in [6.07, 6.45) is 63.5. The van der Waals surface area contributed by atoms with E-state index < -0.39 is 6.10 Å². The highest BCUT2D eigenvalue weighted by atomic mass is 16.6. The number of esters is 3. The molecular weight excluding hydrogens is 781 g/mol. The maximum absolute atomic E-state index is 12.8. The topological polar surface area (TPSA) is 78.9 Å². The fourth-order valence-electron chi connectivity index (χ4n) is 7.43. The number of carbonyl (C=O) groups excluding carboxylic acids is 3. The summed E-state index contributed by atoms with van der Waals surface area (Å²) in [4.78, 5) is 38.0. The van der Waals surface area contributed by atoms with Crippen LogP contribution in [0.15, 0.2) is 60.8 Å². The molecule has 0 saturated heterocycles. The Balaban J connectivity index is 4.46. The molecule has 364 valence electrons. The lowest BCUT2D eigenvalue weighted by Crippen LogP contribution is -2.30. The Morgan fingerprint density at radius 1 is 0.317 bits per heavy atom. The maximum Gasteiger partial charge on any atom is 0.306 e. The molecule has 0 bridgehead atoms. The molecule has 63 heavy (non-hydrogen) atoms. The van der Waals surface area contributed by atoms with E-state index in [9.17, 15) is 14.4 Å². The molecule has 0 rings (SSSR count). The van der Waals surface area contributed by atoms with Gasteiger partial charge in [-0.25, -0.2) is 0 Å². The van der Waals surface area contributed by atoms with Crippen molar-refractivity contribution in [1.29, 1.82) is 0 Å². The largest absolute Gasteiger partial charge is 0.462 e. The van der Waals surface area contributed by atoms with Crippen LogP contribution >= 0.6 is 0 Å². The molecule has 0 N–H and O–H groups in total. The van der Waals surface area contributed by atoms with E-state index in [1.165, 1.54) is 141 Å². The average Bonchev–Trinajstić information content (AvgIpc) is 3.28. The normalized spacial score (nSPS) is 12.5. The summed E-state index contributed by atoms with van der Waals surface area (Å²) < 4.78 is 16.8. The van der Waals surface area contributed by atoms with Gasteiger partial charge in [0.25, 0.3) is 0 Å². The highest BCUT2D eigenvalue weighted by Crippen LogP contribution is 2.15. The van der Waals surface area contributed by atoms with Gasteiger partial charge in [-0.3, -0.25) is 14.4 Å². The van der Waals surface area contributed by atoms with Gasteiger partial charge in [-0.05, 0) is 83.5 Å². The zero-order chi connectivity index (χ0) is 45.8. The molecule has 0 amide bonds. The number of ether oxygens (including phenoxy) is 3. The van der Waals surface area contributed by atoms with Gasteiger partial charge in [0, 0.05) is 19.3 Å². The lowest BCUT2D eigenvalue weighted by molar-refractivity contribution is -0.167. The van der Waals surface area contributed by atoms with Crippen molar-refractivity contribution in [2.75, 3.05) is 13.2 Å². The summed E-state index contributed by atoms with van der Waals surface area (Å²) in [5.41, 5.74) is 0. The molecule has 0 aliphatic rings. The zero-order valence-electron chi connectivity index (χ0n) is 41.6. The summed E-state index contributed by atoms with van der Waals surface area (Å²) in [5.74, 6) is -0.962. The van der Waals surface area contributed by atoms with Crippen molar-refractivity contribution < 1.29 is 28.6 Å². The molecule has 0 aromatic heterocycles. The number of hydrogen-bond donors (Lipinski definition) is 0. The molecule has 0 radical (unpaired) electrons. The van der Waals surface area contributed by atoms with Crippen LogP contribution in [0.5, 0.6) is 0 Å². The maximum atomic E-state index is 12.8. The first-order valence-corrected chi connectivity index (χ1v) is 26.8. The lowest BCUT2D eigenvalue weighted by atomic mass is 10.0. The Labute approximate surface area is 390 Å². The summed E-state index contributed by atoms with van der Waals surface area (Å²) >= 11 is 0. The van der Waals surface area contributed by atoms with Crippen LogP contribution in [-0.4, -0.2) is 37.2 Å². The first-order valence-electron chi connectivity index (χ1n) is 26.8. The quantitative estimate of drug-likeness (QED) is 0.0262. The van der Waals surface area contributed by atoms with Crippen molar-refractivity contribution in [3.63, 3.8) is 0 Å². The standard InChI is InChI=1S/C57H100O6/c1-4-7-10-13-16-19-22-25-27-28-30-32-35-38-41-44-47-50-56(59)62-53-54(52-61-55(58)49-46-43-40-37-34-31-24-21-18-15-12-9-6-3)63-57(60)51-48-45-42-39-36-33-29-26-23-20-17-14-11-8-5-2/h16,19,25,27,30-32,34,38,41,54H,4-15,17-18,20-24,26,28-29,33,35-37,39-40,42-53H2,1-3H3/b19-16-,27-25-,32-30-,34-31-,41-38-. The third-order valence-corrected chi connectivity index (χ3v) is 11.5. The second-order valence-corrected chi connectivity index (χ2v) is 17.8. The van der Waals surface area contributed by atoms with Crippen LogP contribution in [0.25, 0.3) is 0 Å². The van der Waals surface area contributed by atoms with Crippen LogP contribution in [0.3, 0.4) is 0 Å². The first-order chi connectivity index (χ1) is 31.0. The van der Waals surface area contributed by atoms with Crippen LogP contribution < -0.4 is 0 Å². The molecule has 0 aliphatic carbocycles. The van der Waals surface area contributed by atoms with Gasteiger partial charge < -0.3 is 14.2 Å².